The number of nitrogens with zero attached hydrogens (tertiary/aromatic N) is 5. The second kappa shape index (κ2) is 9.89. The van der Waals surface area contributed by atoms with Gasteiger partial charge in [0.2, 0.25) is 4.80 Å². The molecule has 6 aromatic rings. The summed E-state index contributed by atoms with van der Waals surface area (Å²) in [6.07, 6.45) is 1.88. The predicted molar refractivity (Wildman–Crippen MR) is 158 cm³/mol. The first-order valence-electron chi connectivity index (χ1n) is 12.2. The highest BCUT2D eigenvalue weighted by Gasteiger charge is 2.17. The van der Waals surface area contributed by atoms with Crippen molar-refractivity contribution >= 4 is 45.3 Å². The number of aryl methyl sites for hydroxylation is 1. The topological polar surface area (TPSA) is 56.6 Å². The van der Waals surface area contributed by atoms with E-state index in [1.54, 1.807) is 16.0 Å². The number of rotatable bonds is 5. The van der Waals surface area contributed by atoms with Crippen LogP contribution in [0, 0.1) is 13.8 Å². The average molecular weight is 536 g/mol. The van der Waals surface area contributed by atoms with E-state index in [-0.39, 0.29) is 5.56 Å². The van der Waals surface area contributed by atoms with Gasteiger partial charge in [-0.25, -0.2) is 14.4 Å². The Labute approximate surface area is 227 Å². The summed E-state index contributed by atoms with van der Waals surface area (Å²) in [6.45, 7) is 3.99. The van der Waals surface area contributed by atoms with Crippen molar-refractivity contribution in [3.8, 4) is 16.9 Å². The van der Waals surface area contributed by atoms with Crippen molar-refractivity contribution in [3.05, 3.63) is 121 Å². The summed E-state index contributed by atoms with van der Waals surface area (Å²) in [5.41, 5.74) is 4.97. The Hall–Kier alpha value is -4.27. The Bertz CT molecular complexity index is 1930. The van der Waals surface area contributed by atoms with Crippen LogP contribution in [-0.4, -0.2) is 20.3 Å². The zero-order valence-electron chi connectivity index (χ0n) is 21.2. The van der Waals surface area contributed by atoms with Crippen LogP contribution in [0.25, 0.3) is 27.7 Å². The molecule has 0 aliphatic rings. The van der Waals surface area contributed by atoms with Gasteiger partial charge in [-0.1, -0.05) is 60.7 Å². The van der Waals surface area contributed by atoms with Gasteiger partial charge in [0.15, 0.2) is 5.69 Å². The summed E-state index contributed by atoms with van der Waals surface area (Å²) in [5, 5.41) is 11.3. The van der Waals surface area contributed by atoms with E-state index in [1.807, 2.05) is 72.0 Å². The van der Waals surface area contributed by atoms with Crippen molar-refractivity contribution in [1.29, 1.82) is 0 Å². The highest BCUT2D eigenvalue weighted by Crippen LogP contribution is 2.29. The summed E-state index contributed by atoms with van der Waals surface area (Å²) >= 11 is 3.12. The third-order valence-corrected chi connectivity index (χ3v) is 8.44. The Balaban J connectivity index is 1.59. The first kappa shape index (κ1) is 24.1. The molecule has 3 heterocycles. The van der Waals surface area contributed by atoms with Crippen molar-refractivity contribution < 1.29 is 0 Å². The second-order valence-corrected chi connectivity index (χ2v) is 10.8. The van der Waals surface area contributed by atoms with Crippen molar-refractivity contribution in [2.75, 3.05) is 0 Å². The van der Waals surface area contributed by atoms with Crippen LogP contribution in [0.2, 0.25) is 0 Å². The van der Waals surface area contributed by atoms with Gasteiger partial charge in [-0.15, -0.1) is 22.7 Å². The van der Waals surface area contributed by atoms with Crippen molar-refractivity contribution in [1.82, 2.24) is 14.0 Å². The molecule has 38 heavy (non-hydrogen) atoms. The number of hydrogen-bond donors (Lipinski definition) is 0. The van der Waals surface area contributed by atoms with Gasteiger partial charge in [-0.3, -0.25) is 9.48 Å². The Morgan fingerprint density at radius 2 is 1.63 bits per heavy atom. The van der Waals surface area contributed by atoms with E-state index in [4.69, 9.17) is 10.1 Å². The average Bonchev–Trinajstić information content (AvgIpc) is 3.60. The maximum atomic E-state index is 13.6. The maximum Gasteiger partial charge on any atom is 0.297 e. The molecule has 0 unspecified atom stereocenters. The summed E-state index contributed by atoms with van der Waals surface area (Å²) in [6, 6.07) is 26.3. The van der Waals surface area contributed by atoms with Gasteiger partial charge in [-0.05, 0) is 53.8 Å². The molecule has 0 amide bonds. The quantitative estimate of drug-likeness (QED) is 0.228. The van der Waals surface area contributed by atoms with Crippen LogP contribution in [0.3, 0.4) is 0 Å². The number of benzene rings is 3. The standard InChI is InChI=1S/C30H25N5OS2/c1-20-16-17-37-27(20)18-31-34-26(25-15-9-11-22-10-7-8-14-24(22)25)19-38-30(34)32-28-21(2)33(3)35(29(28)36)23-12-5-4-6-13-23/h4-19H,1-3H3. The highest BCUT2D eigenvalue weighted by molar-refractivity contribution is 7.11. The zero-order chi connectivity index (χ0) is 26.2. The third-order valence-electron chi connectivity index (χ3n) is 6.67. The molecule has 0 spiro atoms. The molecule has 0 saturated heterocycles. The lowest BCUT2D eigenvalue weighted by atomic mass is 10.0. The van der Waals surface area contributed by atoms with Crippen LogP contribution >= 0.6 is 22.7 Å². The van der Waals surface area contributed by atoms with Gasteiger partial charge in [0.05, 0.1) is 28.2 Å². The fourth-order valence-electron chi connectivity index (χ4n) is 4.53. The molecular weight excluding hydrogens is 510 g/mol. The molecule has 8 heteroatoms. The van der Waals surface area contributed by atoms with E-state index < -0.39 is 0 Å². The fourth-order valence-corrected chi connectivity index (χ4v) is 6.14. The minimum atomic E-state index is -0.166. The van der Waals surface area contributed by atoms with Gasteiger partial charge >= 0.3 is 0 Å². The first-order chi connectivity index (χ1) is 18.5. The van der Waals surface area contributed by atoms with E-state index in [9.17, 15) is 4.79 Å². The SMILES string of the molecule is Cc1ccsc1C=Nn1c(-c2cccc3ccccc23)csc1=Nc1c(C)n(C)n(-c2ccccc2)c1=O. The molecule has 0 atom stereocenters. The Kier molecular flexibility index (Phi) is 6.27. The zero-order valence-corrected chi connectivity index (χ0v) is 22.8. The van der Waals surface area contributed by atoms with Crippen LogP contribution in [-0.2, 0) is 7.05 Å². The smallest absolute Gasteiger partial charge is 0.283 e. The van der Waals surface area contributed by atoms with Crippen LogP contribution < -0.4 is 10.4 Å². The molecule has 3 aromatic carbocycles. The number of thiophene rings is 1. The predicted octanol–water partition coefficient (Wildman–Crippen LogP) is 6.65. The largest absolute Gasteiger partial charge is 0.297 e. The normalized spacial score (nSPS) is 12.2. The maximum absolute atomic E-state index is 13.6. The van der Waals surface area contributed by atoms with E-state index in [1.165, 1.54) is 16.9 Å². The van der Waals surface area contributed by atoms with Crippen molar-refractivity contribution in [3.63, 3.8) is 0 Å². The number of hydrogen-bond acceptors (Lipinski definition) is 5. The number of aromatic nitrogens is 3. The van der Waals surface area contributed by atoms with Crippen LogP contribution in [0.5, 0.6) is 0 Å². The van der Waals surface area contributed by atoms with Gasteiger partial charge in [0.1, 0.15) is 0 Å². The van der Waals surface area contributed by atoms with Crippen molar-refractivity contribution in [2.24, 2.45) is 17.1 Å². The molecule has 0 saturated carbocycles. The summed E-state index contributed by atoms with van der Waals surface area (Å²) in [5.74, 6) is 0. The van der Waals surface area contributed by atoms with E-state index in [0.29, 0.717) is 10.5 Å². The lowest BCUT2D eigenvalue weighted by Crippen LogP contribution is -2.19. The summed E-state index contributed by atoms with van der Waals surface area (Å²) < 4.78 is 5.35. The minimum absolute atomic E-state index is 0.166. The molecule has 3 aromatic heterocycles. The Morgan fingerprint density at radius 3 is 2.42 bits per heavy atom. The molecule has 188 valence electrons. The first-order valence-corrected chi connectivity index (χ1v) is 13.9. The third kappa shape index (κ3) is 4.17. The number of thiazole rings is 1. The van der Waals surface area contributed by atoms with Gasteiger partial charge < -0.3 is 0 Å². The number of fused-ring (bicyclic) bond motifs is 1. The molecule has 0 aliphatic heterocycles. The van der Waals surface area contributed by atoms with E-state index >= 15 is 0 Å². The van der Waals surface area contributed by atoms with Crippen LogP contribution in [0.15, 0.2) is 105 Å². The highest BCUT2D eigenvalue weighted by atomic mass is 32.1. The van der Waals surface area contributed by atoms with Crippen molar-refractivity contribution in [2.45, 2.75) is 13.8 Å². The fraction of sp³-hybridized carbons (Fsp3) is 0.100. The molecule has 6 nitrogen and oxygen atoms in total. The molecule has 0 fully saturated rings. The van der Waals surface area contributed by atoms with Crippen LogP contribution in [0.1, 0.15) is 16.1 Å². The van der Waals surface area contributed by atoms with Gasteiger partial charge in [0.25, 0.3) is 5.56 Å². The van der Waals surface area contributed by atoms with Crippen LogP contribution in [0.4, 0.5) is 5.69 Å². The lowest BCUT2D eigenvalue weighted by Gasteiger charge is -2.07. The van der Waals surface area contributed by atoms with Gasteiger partial charge in [0, 0.05) is 18.0 Å². The summed E-state index contributed by atoms with van der Waals surface area (Å²) in [7, 11) is 1.88. The van der Waals surface area contributed by atoms with Gasteiger partial charge in [-0.2, -0.15) is 5.10 Å². The molecule has 0 radical (unpaired) electrons. The lowest BCUT2D eigenvalue weighted by molar-refractivity contribution is 0.630. The molecule has 6 rings (SSSR count). The molecule has 0 aliphatic carbocycles. The van der Waals surface area contributed by atoms with E-state index in [0.717, 1.165) is 38.3 Å². The molecular formula is C30H25N5OS2. The monoisotopic (exact) mass is 535 g/mol. The molecule has 0 N–H and O–H groups in total. The van der Waals surface area contributed by atoms with E-state index in [2.05, 4.69) is 54.1 Å². The Morgan fingerprint density at radius 1 is 0.868 bits per heavy atom. The number of para-hydroxylation sites is 1. The second-order valence-electron chi connectivity index (χ2n) is 8.98. The molecule has 0 bridgehead atoms. The summed E-state index contributed by atoms with van der Waals surface area (Å²) in [4.78, 5) is 20.2. The minimum Gasteiger partial charge on any atom is -0.283 e.